The Bertz CT molecular complexity index is 383. The third-order valence-corrected chi connectivity index (χ3v) is 4.32. The number of anilines is 1. The van der Waals surface area contributed by atoms with E-state index in [1.165, 1.54) is 0 Å². The molecule has 0 bridgehead atoms. The van der Waals surface area contributed by atoms with Crippen LogP contribution < -0.4 is 5.32 Å². The molecular weight excluding hydrogens is 230 g/mol. The number of nitrogens with one attached hydrogen (secondary N) is 1. The van der Waals surface area contributed by atoms with Gasteiger partial charge in [0.2, 0.25) is 0 Å². The summed E-state index contributed by atoms with van der Waals surface area (Å²) < 4.78 is 0. The highest BCUT2D eigenvalue weighted by Crippen LogP contribution is 2.42. The first kappa shape index (κ1) is 11.1. The van der Waals surface area contributed by atoms with Crippen molar-refractivity contribution in [1.29, 1.82) is 0 Å². The van der Waals surface area contributed by atoms with E-state index in [1.807, 2.05) is 13.0 Å². The molecule has 1 aliphatic heterocycles. The molecule has 0 amide bonds. The molecule has 0 saturated heterocycles. The number of benzene rings is 1. The van der Waals surface area contributed by atoms with Gasteiger partial charge in [0.1, 0.15) is 0 Å². The molecular formula is C11H14ClNOS. The molecule has 82 valence electrons. The van der Waals surface area contributed by atoms with Gasteiger partial charge in [0, 0.05) is 10.9 Å². The molecule has 15 heavy (non-hydrogen) atoms. The normalized spacial score (nSPS) is 24.5. The monoisotopic (exact) mass is 243 g/mol. The summed E-state index contributed by atoms with van der Waals surface area (Å²) in [6.07, 6.45) is 0. The van der Waals surface area contributed by atoms with E-state index in [-0.39, 0.29) is 17.9 Å². The quantitative estimate of drug-likeness (QED) is 0.796. The van der Waals surface area contributed by atoms with Gasteiger partial charge in [-0.05, 0) is 31.5 Å². The molecule has 0 radical (unpaired) electrons. The van der Waals surface area contributed by atoms with Gasteiger partial charge in [-0.25, -0.2) is 0 Å². The van der Waals surface area contributed by atoms with Gasteiger partial charge in [-0.1, -0.05) is 11.6 Å². The predicted octanol–water partition coefficient (Wildman–Crippen LogP) is 2.92. The van der Waals surface area contributed by atoms with Gasteiger partial charge >= 0.3 is 0 Å². The van der Waals surface area contributed by atoms with E-state index in [9.17, 15) is 5.11 Å². The molecule has 0 spiro atoms. The molecule has 0 saturated carbocycles. The van der Waals surface area contributed by atoms with Gasteiger partial charge in [-0.3, -0.25) is 0 Å². The minimum Gasteiger partial charge on any atom is -0.395 e. The van der Waals surface area contributed by atoms with Gasteiger partial charge in [0.05, 0.1) is 22.6 Å². The van der Waals surface area contributed by atoms with Crippen LogP contribution in [0, 0.1) is 6.92 Å². The third kappa shape index (κ3) is 2.10. The molecule has 2 N–H and O–H groups in total. The molecule has 1 aromatic carbocycles. The highest BCUT2D eigenvalue weighted by Gasteiger charge is 2.26. The highest BCUT2D eigenvalue weighted by molar-refractivity contribution is 8.00. The molecule has 0 aliphatic carbocycles. The molecule has 2 unspecified atom stereocenters. The molecule has 4 heteroatoms. The number of hydrogen-bond acceptors (Lipinski definition) is 3. The average molecular weight is 244 g/mol. The van der Waals surface area contributed by atoms with Gasteiger partial charge in [-0.15, -0.1) is 11.8 Å². The van der Waals surface area contributed by atoms with Crippen LogP contribution in [0.15, 0.2) is 17.0 Å². The van der Waals surface area contributed by atoms with Crippen LogP contribution in [-0.2, 0) is 0 Å². The first-order chi connectivity index (χ1) is 7.11. The van der Waals surface area contributed by atoms with E-state index < -0.39 is 0 Å². The fourth-order valence-corrected chi connectivity index (χ4v) is 3.32. The summed E-state index contributed by atoms with van der Waals surface area (Å²) in [5.41, 5.74) is 2.16. The Labute approximate surface area is 99.0 Å². The van der Waals surface area contributed by atoms with Crippen molar-refractivity contribution in [2.75, 3.05) is 11.9 Å². The van der Waals surface area contributed by atoms with Crippen LogP contribution >= 0.6 is 23.4 Å². The van der Waals surface area contributed by atoms with Gasteiger partial charge in [0.25, 0.3) is 0 Å². The van der Waals surface area contributed by atoms with Crippen molar-refractivity contribution in [2.24, 2.45) is 0 Å². The number of aliphatic hydroxyl groups excluding tert-OH is 1. The molecule has 2 rings (SSSR count). The summed E-state index contributed by atoms with van der Waals surface area (Å²) in [5, 5.41) is 13.5. The number of rotatable bonds is 1. The highest BCUT2D eigenvalue weighted by atomic mass is 35.5. The lowest BCUT2D eigenvalue weighted by molar-refractivity contribution is 0.287. The number of halogens is 1. The number of thioether (sulfide) groups is 1. The first-order valence-corrected chi connectivity index (χ1v) is 6.21. The van der Waals surface area contributed by atoms with Crippen LogP contribution in [0.4, 0.5) is 5.69 Å². The van der Waals surface area contributed by atoms with Crippen molar-refractivity contribution < 1.29 is 5.11 Å². The average Bonchev–Trinajstić information content (AvgIpc) is 2.18. The van der Waals surface area contributed by atoms with Crippen LogP contribution in [-0.4, -0.2) is 23.0 Å². The van der Waals surface area contributed by atoms with E-state index in [4.69, 9.17) is 11.6 Å². The van der Waals surface area contributed by atoms with E-state index in [0.29, 0.717) is 0 Å². The second-order valence-corrected chi connectivity index (χ2v) is 5.58. The summed E-state index contributed by atoms with van der Waals surface area (Å²) >= 11 is 7.86. The Balaban J connectivity index is 2.40. The second-order valence-electron chi connectivity index (χ2n) is 3.89. The number of fused-ring (bicyclic) bond motifs is 1. The van der Waals surface area contributed by atoms with Crippen LogP contribution in [0.1, 0.15) is 12.5 Å². The minimum atomic E-state index is 0.184. The lowest BCUT2D eigenvalue weighted by atomic mass is 10.1. The van der Waals surface area contributed by atoms with Crippen molar-refractivity contribution in [2.45, 2.75) is 30.0 Å². The number of aryl methyl sites for hydroxylation is 1. The number of hydrogen-bond donors (Lipinski definition) is 2. The van der Waals surface area contributed by atoms with E-state index in [2.05, 4.69) is 18.3 Å². The second kappa shape index (κ2) is 4.24. The Morgan fingerprint density at radius 3 is 2.93 bits per heavy atom. The Morgan fingerprint density at radius 2 is 2.27 bits per heavy atom. The maximum atomic E-state index is 9.23. The SMILES string of the molecule is Cc1cc(Cl)c2c(c1)SC(CO)C(C)N2. The van der Waals surface area contributed by atoms with E-state index in [1.54, 1.807) is 11.8 Å². The molecule has 0 aromatic heterocycles. The predicted molar refractivity (Wildman–Crippen MR) is 66.0 cm³/mol. The van der Waals surface area contributed by atoms with Crippen LogP contribution in [0.2, 0.25) is 5.02 Å². The van der Waals surface area contributed by atoms with E-state index in [0.717, 1.165) is 21.2 Å². The summed E-state index contributed by atoms with van der Waals surface area (Å²) in [6, 6.07) is 4.31. The molecule has 1 aliphatic rings. The smallest absolute Gasteiger partial charge is 0.0670 e. The summed E-state index contributed by atoms with van der Waals surface area (Å²) in [7, 11) is 0. The molecule has 1 aromatic rings. The van der Waals surface area contributed by atoms with Crippen molar-refractivity contribution in [1.82, 2.24) is 0 Å². The van der Waals surface area contributed by atoms with Crippen molar-refractivity contribution >= 4 is 29.1 Å². The first-order valence-electron chi connectivity index (χ1n) is 4.96. The lowest BCUT2D eigenvalue weighted by Crippen LogP contribution is -2.34. The van der Waals surface area contributed by atoms with E-state index >= 15 is 0 Å². The Morgan fingerprint density at radius 1 is 1.53 bits per heavy atom. The van der Waals surface area contributed by atoms with Crippen LogP contribution in [0.5, 0.6) is 0 Å². The zero-order chi connectivity index (χ0) is 11.0. The minimum absolute atomic E-state index is 0.184. The number of aliphatic hydroxyl groups is 1. The zero-order valence-electron chi connectivity index (χ0n) is 8.75. The van der Waals surface area contributed by atoms with Crippen LogP contribution in [0.25, 0.3) is 0 Å². The third-order valence-electron chi connectivity index (χ3n) is 2.59. The van der Waals surface area contributed by atoms with Crippen molar-refractivity contribution in [3.8, 4) is 0 Å². The van der Waals surface area contributed by atoms with Crippen molar-refractivity contribution in [3.05, 3.63) is 22.7 Å². The summed E-state index contributed by atoms with van der Waals surface area (Å²) in [4.78, 5) is 1.14. The maximum Gasteiger partial charge on any atom is 0.0670 e. The Hall–Kier alpha value is -0.380. The van der Waals surface area contributed by atoms with Crippen molar-refractivity contribution in [3.63, 3.8) is 0 Å². The summed E-state index contributed by atoms with van der Waals surface area (Å²) in [6.45, 7) is 4.27. The van der Waals surface area contributed by atoms with Gasteiger partial charge in [0.15, 0.2) is 0 Å². The molecule has 2 atom stereocenters. The van der Waals surface area contributed by atoms with Crippen LogP contribution in [0.3, 0.4) is 0 Å². The fourth-order valence-electron chi connectivity index (χ4n) is 1.72. The molecule has 0 fully saturated rings. The standard InChI is InChI=1S/C11H14ClNOS/c1-6-3-8(12)11-9(4-6)15-10(5-14)7(2)13-11/h3-4,7,10,13-14H,5H2,1-2H3. The lowest BCUT2D eigenvalue weighted by Gasteiger charge is -2.31. The topological polar surface area (TPSA) is 32.3 Å². The fraction of sp³-hybridized carbons (Fsp3) is 0.455. The maximum absolute atomic E-state index is 9.23. The molecule has 2 nitrogen and oxygen atoms in total. The Kier molecular flexibility index (Phi) is 3.14. The zero-order valence-corrected chi connectivity index (χ0v) is 10.3. The largest absolute Gasteiger partial charge is 0.395 e. The van der Waals surface area contributed by atoms with Gasteiger partial charge < -0.3 is 10.4 Å². The molecule has 1 heterocycles. The summed E-state index contributed by atoms with van der Waals surface area (Å²) in [5.74, 6) is 0. The van der Waals surface area contributed by atoms with Gasteiger partial charge in [-0.2, -0.15) is 0 Å².